The largest absolute Gasteiger partial charge is 0.353 e. The standard InChI is InChI=1S/C17H23BrN2OS.ClH/c1-10-6-16(11(2)5-15(10)18)22-9-17(21)20-14-7-12-3-4-13(8-14)19-12;/h5-6,12-14,19H,3-4,7-9H2,1-2H3,(H,20,21);1H. The lowest BCUT2D eigenvalue weighted by Gasteiger charge is -2.29. The lowest BCUT2D eigenvalue weighted by Crippen LogP contribution is -2.48. The van der Waals surface area contributed by atoms with Gasteiger partial charge in [-0.15, -0.1) is 24.2 Å². The van der Waals surface area contributed by atoms with Gasteiger partial charge in [0.05, 0.1) is 5.75 Å². The summed E-state index contributed by atoms with van der Waals surface area (Å²) in [5.41, 5.74) is 2.43. The topological polar surface area (TPSA) is 41.1 Å². The van der Waals surface area contributed by atoms with Gasteiger partial charge in [-0.2, -0.15) is 0 Å². The summed E-state index contributed by atoms with van der Waals surface area (Å²) in [6.45, 7) is 4.17. The minimum atomic E-state index is 0. The Morgan fingerprint density at radius 3 is 2.57 bits per heavy atom. The second-order valence-corrected chi connectivity index (χ2v) is 8.40. The van der Waals surface area contributed by atoms with Gasteiger partial charge in [-0.3, -0.25) is 4.79 Å². The number of carbonyl (C=O) groups is 1. The Kier molecular flexibility index (Phi) is 6.84. The second kappa shape index (κ2) is 8.24. The number of halogens is 2. The van der Waals surface area contributed by atoms with Gasteiger partial charge in [0, 0.05) is 27.5 Å². The molecule has 0 aromatic heterocycles. The molecule has 128 valence electrons. The Bertz CT molecular complexity index is 572. The van der Waals surface area contributed by atoms with Crippen molar-refractivity contribution in [1.82, 2.24) is 10.6 Å². The first-order valence-electron chi connectivity index (χ1n) is 7.96. The van der Waals surface area contributed by atoms with Crippen molar-refractivity contribution < 1.29 is 4.79 Å². The maximum Gasteiger partial charge on any atom is 0.230 e. The van der Waals surface area contributed by atoms with Crippen LogP contribution < -0.4 is 10.6 Å². The summed E-state index contributed by atoms with van der Waals surface area (Å²) in [6, 6.07) is 5.88. The minimum Gasteiger partial charge on any atom is -0.353 e. The van der Waals surface area contributed by atoms with Crippen LogP contribution in [0.1, 0.15) is 36.8 Å². The monoisotopic (exact) mass is 418 g/mol. The molecular weight excluding hydrogens is 396 g/mol. The van der Waals surface area contributed by atoms with Crippen LogP contribution in [0.15, 0.2) is 21.5 Å². The van der Waals surface area contributed by atoms with E-state index in [0.717, 1.165) is 17.3 Å². The van der Waals surface area contributed by atoms with E-state index in [2.05, 4.69) is 52.5 Å². The number of rotatable bonds is 4. The molecule has 6 heteroatoms. The van der Waals surface area contributed by atoms with E-state index in [9.17, 15) is 4.79 Å². The normalized spacial score (nSPS) is 25.8. The molecule has 2 atom stereocenters. The molecule has 1 amide bonds. The number of amides is 1. The summed E-state index contributed by atoms with van der Waals surface area (Å²) >= 11 is 5.18. The van der Waals surface area contributed by atoms with Gasteiger partial charge in [0.25, 0.3) is 0 Å². The van der Waals surface area contributed by atoms with Crippen LogP contribution in [0.5, 0.6) is 0 Å². The number of carbonyl (C=O) groups excluding carboxylic acids is 1. The highest BCUT2D eigenvalue weighted by atomic mass is 79.9. The van der Waals surface area contributed by atoms with E-state index in [4.69, 9.17) is 0 Å². The predicted octanol–water partition coefficient (Wildman–Crippen LogP) is 3.98. The molecule has 0 radical (unpaired) electrons. The number of hydrogen-bond acceptors (Lipinski definition) is 3. The Hall–Kier alpha value is -0.230. The first kappa shape index (κ1) is 19.1. The molecule has 1 aromatic rings. The molecule has 23 heavy (non-hydrogen) atoms. The number of piperidine rings is 1. The number of nitrogens with one attached hydrogen (secondary N) is 2. The van der Waals surface area contributed by atoms with Gasteiger partial charge in [-0.05, 0) is 62.8 Å². The van der Waals surface area contributed by atoms with Crippen LogP contribution >= 0.6 is 40.1 Å². The van der Waals surface area contributed by atoms with Gasteiger partial charge in [0.15, 0.2) is 0 Å². The fourth-order valence-corrected chi connectivity index (χ4v) is 4.87. The summed E-state index contributed by atoms with van der Waals surface area (Å²) in [5.74, 6) is 0.664. The first-order valence-corrected chi connectivity index (χ1v) is 9.74. The van der Waals surface area contributed by atoms with Gasteiger partial charge < -0.3 is 10.6 Å². The number of benzene rings is 1. The highest BCUT2D eigenvalue weighted by molar-refractivity contribution is 9.10. The van der Waals surface area contributed by atoms with Crippen LogP contribution in [0, 0.1) is 13.8 Å². The number of hydrogen-bond donors (Lipinski definition) is 2. The molecule has 0 saturated carbocycles. The SMILES string of the molecule is Cc1cc(SCC(=O)NC2CC3CCC(C2)N3)c(C)cc1Br.Cl. The van der Waals surface area contributed by atoms with Gasteiger partial charge in [0.2, 0.25) is 5.91 Å². The maximum absolute atomic E-state index is 12.2. The Morgan fingerprint density at radius 2 is 1.91 bits per heavy atom. The highest BCUT2D eigenvalue weighted by Crippen LogP contribution is 2.29. The number of aryl methyl sites for hydroxylation is 2. The van der Waals surface area contributed by atoms with Crippen LogP contribution in [0.4, 0.5) is 0 Å². The van der Waals surface area contributed by atoms with Crippen molar-refractivity contribution >= 4 is 46.0 Å². The van der Waals surface area contributed by atoms with E-state index in [1.807, 2.05) is 0 Å². The number of fused-ring (bicyclic) bond motifs is 2. The zero-order valence-electron chi connectivity index (χ0n) is 13.5. The Labute approximate surface area is 157 Å². The molecule has 2 fully saturated rings. The molecule has 2 heterocycles. The third-order valence-electron chi connectivity index (χ3n) is 4.65. The summed E-state index contributed by atoms with van der Waals surface area (Å²) in [6.07, 6.45) is 4.71. The quantitative estimate of drug-likeness (QED) is 0.725. The molecule has 2 bridgehead atoms. The lowest BCUT2D eigenvalue weighted by molar-refractivity contribution is -0.119. The van der Waals surface area contributed by atoms with E-state index >= 15 is 0 Å². The lowest BCUT2D eigenvalue weighted by atomic mass is 10.00. The van der Waals surface area contributed by atoms with E-state index in [-0.39, 0.29) is 18.3 Å². The molecule has 2 unspecified atom stereocenters. The Morgan fingerprint density at radius 1 is 1.26 bits per heavy atom. The van der Waals surface area contributed by atoms with Crippen LogP contribution in [-0.2, 0) is 4.79 Å². The summed E-state index contributed by atoms with van der Waals surface area (Å²) in [7, 11) is 0. The molecule has 2 N–H and O–H groups in total. The molecule has 1 aromatic carbocycles. The number of thioether (sulfide) groups is 1. The third kappa shape index (κ3) is 4.88. The van der Waals surface area contributed by atoms with Crippen LogP contribution in [0.3, 0.4) is 0 Å². The van der Waals surface area contributed by atoms with Crippen LogP contribution in [0.2, 0.25) is 0 Å². The zero-order chi connectivity index (χ0) is 15.7. The van der Waals surface area contributed by atoms with Crippen molar-refractivity contribution in [3.8, 4) is 0 Å². The van der Waals surface area contributed by atoms with Crippen molar-refractivity contribution in [2.75, 3.05) is 5.75 Å². The highest BCUT2D eigenvalue weighted by Gasteiger charge is 2.33. The van der Waals surface area contributed by atoms with Crippen LogP contribution in [-0.4, -0.2) is 29.8 Å². The second-order valence-electron chi connectivity index (χ2n) is 6.53. The van der Waals surface area contributed by atoms with E-state index in [0.29, 0.717) is 23.9 Å². The third-order valence-corrected chi connectivity index (χ3v) is 6.66. The molecular formula is C17H24BrClN2OS. The molecule has 2 saturated heterocycles. The fraction of sp³-hybridized carbons (Fsp3) is 0.588. The first-order chi connectivity index (χ1) is 10.5. The van der Waals surface area contributed by atoms with Crippen LogP contribution in [0.25, 0.3) is 0 Å². The molecule has 3 rings (SSSR count). The van der Waals surface area contributed by atoms with Gasteiger partial charge >= 0.3 is 0 Å². The summed E-state index contributed by atoms with van der Waals surface area (Å²) in [4.78, 5) is 13.4. The van der Waals surface area contributed by atoms with E-state index in [1.165, 1.54) is 28.9 Å². The fourth-order valence-electron chi connectivity index (χ4n) is 3.50. The van der Waals surface area contributed by atoms with Gasteiger partial charge in [-0.1, -0.05) is 15.9 Å². The minimum absolute atomic E-state index is 0. The van der Waals surface area contributed by atoms with Gasteiger partial charge in [-0.25, -0.2) is 0 Å². The predicted molar refractivity (Wildman–Crippen MR) is 103 cm³/mol. The average Bonchev–Trinajstić information content (AvgIpc) is 2.80. The van der Waals surface area contributed by atoms with Crippen molar-refractivity contribution in [2.45, 2.75) is 62.6 Å². The van der Waals surface area contributed by atoms with E-state index in [1.54, 1.807) is 11.8 Å². The van der Waals surface area contributed by atoms with Crippen molar-refractivity contribution in [3.05, 3.63) is 27.7 Å². The summed E-state index contributed by atoms with van der Waals surface area (Å²) < 4.78 is 1.13. The van der Waals surface area contributed by atoms with E-state index < -0.39 is 0 Å². The Balaban J connectivity index is 0.00000192. The van der Waals surface area contributed by atoms with Crippen molar-refractivity contribution in [3.63, 3.8) is 0 Å². The maximum atomic E-state index is 12.2. The molecule has 3 nitrogen and oxygen atoms in total. The zero-order valence-corrected chi connectivity index (χ0v) is 16.7. The average molecular weight is 420 g/mol. The van der Waals surface area contributed by atoms with Gasteiger partial charge in [0.1, 0.15) is 0 Å². The van der Waals surface area contributed by atoms with Crippen molar-refractivity contribution in [2.24, 2.45) is 0 Å². The van der Waals surface area contributed by atoms with Crippen molar-refractivity contribution in [1.29, 1.82) is 0 Å². The summed E-state index contributed by atoms with van der Waals surface area (Å²) in [5, 5.41) is 6.84. The molecule has 0 aliphatic carbocycles. The molecule has 2 aliphatic rings. The molecule has 2 aliphatic heterocycles. The smallest absolute Gasteiger partial charge is 0.230 e. The molecule has 0 spiro atoms.